The minimum atomic E-state index is 0. The van der Waals surface area contributed by atoms with Gasteiger partial charge in [-0.3, -0.25) is 4.79 Å². The second-order valence-corrected chi connectivity index (χ2v) is 4.43. The highest BCUT2D eigenvalue weighted by molar-refractivity contribution is 6.30. The molecule has 0 fully saturated rings. The molecule has 1 aromatic rings. The van der Waals surface area contributed by atoms with E-state index in [4.69, 9.17) is 16.3 Å². The van der Waals surface area contributed by atoms with Crippen LogP contribution in [0.4, 0.5) is 0 Å². The molecule has 4 nitrogen and oxygen atoms in total. The molecular weight excluding hydrogens is 287 g/mol. The molecule has 0 saturated carbocycles. The number of hydrogen-bond acceptors (Lipinski definition) is 3. The lowest BCUT2D eigenvalue weighted by molar-refractivity contribution is -0.120. The summed E-state index contributed by atoms with van der Waals surface area (Å²) in [7, 11) is 1.74. The molecule has 0 atom stereocenters. The van der Waals surface area contributed by atoms with Crippen LogP contribution in [0.15, 0.2) is 18.2 Å². The van der Waals surface area contributed by atoms with Gasteiger partial charge in [-0.25, -0.2) is 0 Å². The molecule has 6 heteroatoms. The number of hydrogen-bond donors (Lipinski definition) is 2. The first-order valence-corrected chi connectivity index (χ1v) is 6.31. The Morgan fingerprint density at radius 2 is 2.16 bits per heavy atom. The molecule has 0 bridgehead atoms. The zero-order valence-corrected chi connectivity index (χ0v) is 12.7. The maximum Gasteiger partial charge on any atom is 0.233 e. The van der Waals surface area contributed by atoms with E-state index in [0.29, 0.717) is 24.7 Å². The molecule has 0 heterocycles. The average Bonchev–Trinajstić information content (AvgIpc) is 2.31. The molecule has 2 N–H and O–H groups in total. The van der Waals surface area contributed by atoms with Crippen LogP contribution in [0.3, 0.4) is 0 Å². The Kier molecular flexibility index (Phi) is 9.39. The topological polar surface area (TPSA) is 50.4 Å². The third-order valence-corrected chi connectivity index (χ3v) is 2.61. The van der Waals surface area contributed by atoms with Crippen molar-refractivity contribution >= 4 is 29.9 Å². The van der Waals surface area contributed by atoms with Crippen molar-refractivity contribution in [2.45, 2.75) is 13.3 Å². The fourth-order valence-electron chi connectivity index (χ4n) is 1.48. The number of ether oxygens (including phenoxy) is 1. The number of carbonyl (C=O) groups is 1. The molecule has 1 rings (SSSR count). The van der Waals surface area contributed by atoms with Crippen molar-refractivity contribution in [3.05, 3.63) is 28.8 Å². The van der Waals surface area contributed by atoms with Gasteiger partial charge in [0.15, 0.2) is 0 Å². The molecule has 0 radical (unpaired) electrons. The molecule has 0 aliphatic heterocycles. The summed E-state index contributed by atoms with van der Waals surface area (Å²) in [6.45, 7) is 3.49. The minimum Gasteiger partial charge on any atom is -0.493 e. The maximum absolute atomic E-state index is 11.1. The predicted molar refractivity (Wildman–Crippen MR) is 80.5 cm³/mol. The normalized spacial score (nSPS) is 9.63. The van der Waals surface area contributed by atoms with Crippen LogP contribution in [-0.2, 0) is 4.79 Å². The van der Waals surface area contributed by atoms with Gasteiger partial charge in [0.25, 0.3) is 0 Å². The SMILES string of the molecule is CNCC(=O)NCCCOc1ccc(Cl)cc1C.Cl. The van der Waals surface area contributed by atoms with E-state index in [0.717, 1.165) is 17.7 Å². The minimum absolute atomic E-state index is 0. The van der Waals surface area contributed by atoms with Crippen LogP contribution >= 0.6 is 24.0 Å². The standard InChI is InChI=1S/C13H19ClN2O2.ClH/c1-10-8-11(14)4-5-12(10)18-7-3-6-16-13(17)9-15-2;/h4-5,8,15H,3,6-7,9H2,1-2H3,(H,16,17);1H. The summed E-state index contributed by atoms with van der Waals surface area (Å²) in [5, 5.41) is 6.29. The van der Waals surface area contributed by atoms with Crippen molar-refractivity contribution in [3.63, 3.8) is 0 Å². The number of amides is 1. The molecule has 108 valence electrons. The molecule has 0 aromatic heterocycles. The fraction of sp³-hybridized carbons (Fsp3) is 0.462. The van der Waals surface area contributed by atoms with Crippen LogP contribution in [-0.4, -0.2) is 32.7 Å². The maximum atomic E-state index is 11.1. The second kappa shape index (κ2) is 9.89. The highest BCUT2D eigenvalue weighted by atomic mass is 35.5. The van der Waals surface area contributed by atoms with E-state index in [1.807, 2.05) is 19.1 Å². The Hall–Kier alpha value is -0.970. The number of aryl methyl sites for hydroxylation is 1. The van der Waals surface area contributed by atoms with Gasteiger partial charge in [0.1, 0.15) is 5.75 Å². The summed E-state index contributed by atoms with van der Waals surface area (Å²) in [4.78, 5) is 11.1. The van der Waals surface area contributed by atoms with E-state index in [-0.39, 0.29) is 18.3 Å². The quantitative estimate of drug-likeness (QED) is 0.759. The van der Waals surface area contributed by atoms with Crippen molar-refractivity contribution in [2.75, 3.05) is 26.7 Å². The van der Waals surface area contributed by atoms with Gasteiger partial charge in [-0.2, -0.15) is 0 Å². The fourth-order valence-corrected chi connectivity index (χ4v) is 1.71. The van der Waals surface area contributed by atoms with Crippen LogP contribution in [0.5, 0.6) is 5.75 Å². The van der Waals surface area contributed by atoms with Gasteiger partial charge in [0.2, 0.25) is 5.91 Å². The third kappa shape index (κ3) is 7.25. The van der Waals surface area contributed by atoms with Crippen LogP contribution < -0.4 is 15.4 Å². The number of halogens is 2. The highest BCUT2D eigenvalue weighted by Gasteiger charge is 2.01. The zero-order chi connectivity index (χ0) is 13.4. The van der Waals surface area contributed by atoms with E-state index < -0.39 is 0 Å². The Bertz CT molecular complexity index is 400. The lowest BCUT2D eigenvalue weighted by atomic mass is 10.2. The van der Waals surface area contributed by atoms with Crippen molar-refractivity contribution in [1.29, 1.82) is 0 Å². The Balaban J connectivity index is 0.00000324. The zero-order valence-electron chi connectivity index (χ0n) is 11.2. The Morgan fingerprint density at radius 1 is 1.42 bits per heavy atom. The summed E-state index contributed by atoms with van der Waals surface area (Å²) in [6, 6.07) is 5.53. The molecule has 1 aromatic carbocycles. The lowest BCUT2D eigenvalue weighted by Crippen LogP contribution is -2.33. The van der Waals surface area contributed by atoms with Gasteiger partial charge < -0.3 is 15.4 Å². The van der Waals surface area contributed by atoms with Crippen molar-refractivity contribution in [1.82, 2.24) is 10.6 Å². The summed E-state index contributed by atoms with van der Waals surface area (Å²) in [5.74, 6) is 0.834. The number of nitrogens with one attached hydrogen (secondary N) is 2. The van der Waals surface area contributed by atoms with Gasteiger partial charge in [0.05, 0.1) is 13.2 Å². The van der Waals surface area contributed by atoms with Crippen LogP contribution in [0, 0.1) is 6.92 Å². The summed E-state index contributed by atoms with van der Waals surface area (Å²) in [5.41, 5.74) is 1.02. The second-order valence-electron chi connectivity index (χ2n) is 3.99. The van der Waals surface area contributed by atoms with Gasteiger partial charge in [-0.05, 0) is 44.2 Å². The lowest BCUT2D eigenvalue weighted by Gasteiger charge is -2.09. The first-order valence-electron chi connectivity index (χ1n) is 5.93. The van der Waals surface area contributed by atoms with E-state index in [1.165, 1.54) is 0 Å². The van der Waals surface area contributed by atoms with E-state index in [9.17, 15) is 4.79 Å². The van der Waals surface area contributed by atoms with E-state index in [1.54, 1.807) is 13.1 Å². The molecule has 0 spiro atoms. The molecule has 19 heavy (non-hydrogen) atoms. The van der Waals surface area contributed by atoms with Gasteiger partial charge in [0, 0.05) is 11.6 Å². The largest absolute Gasteiger partial charge is 0.493 e. The van der Waals surface area contributed by atoms with Crippen molar-refractivity contribution in [3.8, 4) is 5.75 Å². The number of likely N-dealkylation sites (N-methyl/N-ethyl adjacent to an activating group) is 1. The van der Waals surface area contributed by atoms with Gasteiger partial charge >= 0.3 is 0 Å². The van der Waals surface area contributed by atoms with E-state index in [2.05, 4.69) is 10.6 Å². The summed E-state index contributed by atoms with van der Waals surface area (Å²) in [6.07, 6.45) is 0.775. The molecule has 0 saturated heterocycles. The monoisotopic (exact) mass is 306 g/mol. The highest BCUT2D eigenvalue weighted by Crippen LogP contribution is 2.21. The molecular formula is C13H20Cl2N2O2. The number of benzene rings is 1. The van der Waals surface area contributed by atoms with Crippen LogP contribution in [0.2, 0.25) is 5.02 Å². The first kappa shape index (κ1) is 18.0. The van der Waals surface area contributed by atoms with E-state index >= 15 is 0 Å². The molecule has 1 amide bonds. The smallest absolute Gasteiger partial charge is 0.233 e. The van der Waals surface area contributed by atoms with Gasteiger partial charge in [-0.15, -0.1) is 12.4 Å². The van der Waals surface area contributed by atoms with Crippen molar-refractivity contribution < 1.29 is 9.53 Å². The average molecular weight is 307 g/mol. The van der Waals surface area contributed by atoms with Crippen LogP contribution in [0.25, 0.3) is 0 Å². The number of carbonyl (C=O) groups excluding carboxylic acids is 1. The molecule has 0 unspecified atom stereocenters. The number of rotatable bonds is 7. The Labute approximate surface area is 125 Å². The van der Waals surface area contributed by atoms with Gasteiger partial charge in [-0.1, -0.05) is 11.6 Å². The summed E-state index contributed by atoms with van der Waals surface area (Å²) >= 11 is 5.86. The molecule has 0 aliphatic carbocycles. The van der Waals surface area contributed by atoms with Crippen LogP contribution in [0.1, 0.15) is 12.0 Å². The van der Waals surface area contributed by atoms with Crippen molar-refractivity contribution in [2.24, 2.45) is 0 Å². The third-order valence-electron chi connectivity index (χ3n) is 2.38. The predicted octanol–water partition coefficient (Wildman–Crippen LogP) is 2.17. The summed E-state index contributed by atoms with van der Waals surface area (Å²) < 4.78 is 5.61. The first-order chi connectivity index (χ1) is 8.63. The Morgan fingerprint density at radius 3 is 2.79 bits per heavy atom. The molecule has 0 aliphatic rings.